The number of benzene rings is 2. The lowest BCUT2D eigenvalue weighted by atomic mass is 10.0. The summed E-state index contributed by atoms with van der Waals surface area (Å²) in [4.78, 5) is 88.1. The third-order valence-electron chi connectivity index (χ3n) is 8.96. The molecule has 15 nitrogen and oxygen atoms in total. The van der Waals surface area contributed by atoms with Gasteiger partial charge in [0.25, 0.3) is 5.91 Å². The molecule has 2 bridgehead atoms. The van der Waals surface area contributed by atoms with Gasteiger partial charge in [0.05, 0.1) is 33.2 Å². The minimum Gasteiger partial charge on any atom is -0.493 e. The number of methoxy groups -OCH3 is 2. The normalized spacial score (nSPS) is 21.0. The van der Waals surface area contributed by atoms with Gasteiger partial charge < -0.3 is 40.5 Å². The highest BCUT2D eigenvalue weighted by atomic mass is 32.1. The van der Waals surface area contributed by atoms with Crippen LogP contribution in [0.4, 0.5) is 0 Å². The number of carbonyl (C=O) groups excluding carboxylic acids is 6. The molecule has 2 aromatic carbocycles. The maximum Gasteiger partial charge on any atom is 0.271 e. The number of nitrogens with one attached hydrogen (secondary N) is 4. The van der Waals surface area contributed by atoms with Crippen molar-refractivity contribution >= 4 is 46.8 Å². The van der Waals surface area contributed by atoms with E-state index in [-0.39, 0.29) is 43.6 Å². The fourth-order valence-corrected chi connectivity index (χ4v) is 6.66. The maximum absolute atomic E-state index is 13.9. The zero-order valence-electron chi connectivity index (χ0n) is 31.6. The summed E-state index contributed by atoms with van der Waals surface area (Å²) in [6.07, 6.45) is 0.267. The molecule has 0 radical (unpaired) electrons. The van der Waals surface area contributed by atoms with Gasteiger partial charge >= 0.3 is 0 Å². The van der Waals surface area contributed by atoms with Gasteiger partial charge in [0.2, 0.25) is 29.5 Å². The first-order valence-corrected chi connectivity index (χ1v) is 18.5. The van der Waals surface area contributed by atoms with Crippen LogP contribution in [0.3, 0.4) is 0 Å². The Labute approximate surface area is 319 Å². The maximum atomic E-state index is 13.9. The van der Waals surface area contributed by atoms with E-state index in [2.05, 4.69) is 26.3 Å². The summed E-state index contributed by atoms with van der Waals surface area (Å²) in [7, 11) is 4.55. The summed E-state index contributed by atoms with van der Waals surface area (Å²) >= 11 is 1.17. The van der Waals surface area contributed by atoms with E-state index in [1.54, 1.807) is 44.5 Å². The van der Waals surface area contributed by atoms with Crippen molar-refractivity contribution in [2.75, 3.05) is 40.9 Å². The van der Waals surface area contributed by atoms with Crippen molar-refractivity contribution in [1.29, 1.82) is 0 Å². The third-order valence-corrected chi connectivity index (χ3v) is 9.92. The molecule has 0 saturated carbocycles. The first kappa shape index (κ1) is 41.2. The van der Waals surface area contributed by atoms with Crippen molar-refractivity contribution in [2.45, 2.75) is 64.7 Å². The quantitative estimate of drug-likeness (QED) is 0.279. The van der Waals surface area contributed by atoms with Gasteiger partial charge in [-0.3, -0.25) is 28.8 Å². The van der Waals surface area contributed by atoms with Crippen LogP contribution in [0.5, 0.6) is 11.5 Å². The molecule has 4 rings (SSSR count). The minimum atomic E-state index is -1.03. The number of hydrogen-bond donors (Lipinski definition) is 4. The number of nitrogens with zero attached hydrogens (tertiary/aromatic N) is 3. The van der Waals surface area contributed by atoms with Crippen molar-refractivity contribution in [3.63, 3.8) is 0 Å². The molecular formula is C38H49N7O8S. The second-order valence-electron chi connectivity index (χ2n) is 13.5. The Kier molecular flexibility index (Phi) is 14.5. The number of hydrogen-bond acceptors (Lipinski definition) is 10. The topological polar surface area (TPSA) is 188 Å². The highest BCUT2D eigenvalue weighted by Crippen LogP contribution is 2.28. The summed E-state index contributed by atoms with van der Waals surface area (Å²) in [6.45, 7) is 6.21. The fourth-order valence-electron chi connectivity index (χ4n) is 5.81. The van der Waals surface area contributed by atoms with Crippen molar-refractivity contribution in [3.05, 3.63) is 75.7 Å². The van der Waals surface area contributed by atoms with Crippen LogP contribution in [0.25, 0.3) is 0 Å². The predicted octanol–water partition coefficient (Wildman–Crippen LogP) is 1.87. The minimum absolute atomic E-state index is 0.00403. The van der Waals surface area contributed by atoms with Crippen LogP contribution in [-0.2, 0) is 36.8 Å². The van der Waals surface area contributed by atoms with E-state index in [0.717, 1.165) is 5.56 Å². The van der Waals surface area contributed by atoms with Crippen LogP contribution in [0, 0.1) is 5.92 Å². The van der Waals surface area contributed by atoms with E-state index in [9.17, 15) is 28.8 Å². The Morgan fingerprint density at radius 2 is 1.57 bits per heavy atom. The summed E-state index contributed by atoms with van der Waals surface area (Å²) in [5.41, 5.74) is 1.57. The predicted molar refractivity (Wildman–Crippen MR) is 202 cm³/mol. The lowest BCUT2D eigenvalue weighted by molar-refractivity contribution is -0.138. The second kappa shape index (κ2) is 19.0. The van der Waals surface area contributed by atoms with Gasteiger partial charge in [-0.15, -0.1) is 11.3 Å². The van der Waals surface area contributed by atoms with Crippen molar-refractivity contribution in [2.24, 2.45) is 5.92 Å². The van der Waals surface area contributed by atoms with Crippen LogP contribution in [0.1, 0.15) is 60.4 Å². The molecule has 290 valence electrons. The van der Waals surface area contributed by atoms with Gasteiger partial charge in [-0.2, -0.15) is 0 Å². The number of ether oxygens (including phenoxy) is 2. The zero-order valence-corrected chi connectivity index (χ0v) is 32.5. The van der Waals surface area contributed by atoms with Gasteiger partial charge in [-0.05, 0) is 49.4 Å². The molecule has 1 aliphatic rings. The van der Waals surface area contributed by atoms with Gasteiger partial charge in [-0.25, -0.2) is 4.98 Å². The molecule has 1 aromatic heterocycles. The van der Waals surface area contributed by atoms with Crippen LogP contribution >= 0.6 is 11.3 Å². The Morgan fingerprint density at radius 1 is 0.870 bits per heavy atom. The highest BCUT2D eigenvalue weighted by Gasteiger charge is 2.31. The molecule has 16 heteroatoms. The molecule has 2 heterocycles. The van der Waals surface area contributed by atoms with E-state index in [1.807, 2.05) is 30.3 Å². The molecule has 4 atom stereocenters. The second-order valence-corrected chi connectivity index (χ2v) is 14.4. The molecule has 3 aromatic rings. The Balaban J connectivity index is 1.68. The molecule has 0 aliphatic carbocycles. The van der Waals surface area contributed by atoms with Crippen molar-refractivity contribution < 1.29 is 38.2 Å². The SMILES string of the molecule is COc1ccc(CC(=O)N2CCN(C)C(=O)[C@@H](C)NC(=O)[C@H](C(C)C)NC(=O)[C@H](C)NC(=O)c3csc(n3)[C@H](Cc3ccccc3)NC(=O)C2)cc1OC. The zero-order chi connectivity index (χ0) is 39.5. The summed E-state index contributed by atoms with van der Waals surface area (Å²) < 4.78 is 10.7. The first-order chi connectivity index (χ1) is 25.7. The summed E-state index contributed by atoms with van der Waals surface area (Å²) in [5.74, 6) is -2.50. The lowest BCUT2D eigenvalue weighted by Gasteiger charge is -2.29. The van der Waals surface area contributed by atoms with Crippen LogP contribution in [0.15, 0.2) is 53.9 Å². The monoisotopic (exact) mass is 763 g/mol. The average Bonchev–Trinajstić information content (AvgIpc) is 3.65. The van der Waals surface area contributed by atoms with Crippen LogP contribution < -0.4 is 30.7 Å². The van der Waals surface area contributed by atoms with E-state index >= 15 is 0 Å². The van der Waals surface area contributed by atoms with Crippen LogP contribution in [-0.4, -0.2) is 109 Å². The van der Waals surface area contributed by atoms with E-state index in [1.165, 1.54) is 49.2 Å². The third kappa shape index (κ3) is 11.0. The highest BCUT2D eigenvalue weighted by molar-refractivity contribution is 7.09. The van der Waals surface area contributed by atoms with Crippen LogP contribution in [0.2, 0.25) is 0 Å². The molecule has 1 aliphatic heterocycles. The Morgan fingerprint density at radius 3 is 2.24 bits per heavy atom. The molecule has 54 heavy (non-hydrogen) atoms. The molecule has 0 saturated heterocycles. The van der Waals surface area contributed by atoms with E-state index in [0.29, 0.717) is 28.5 Å². The first-order valence-electron chi connectivity index (χ1n) is 17.6. The summed E-state index contributed by atoms with van der Waals surface area (Å²) in [5, 5.41) is 13.0. The standard InChI is InChI=1S/C38H49N7O8S/c1-22(2)33-36(50)40-24(4)38(51)44(5)15-16-45(32(47)19-26-13-14-29(52-6)30(18-26)53-7)20-31(46)41-27(17-25-11-9-8-10-12-25)37-42-28(21-54-37)35(49)39-23(3)34(48)43-33/h8-14,18,21-24,27,33H,15-17,19-20H2,1-7H3,(H,39,49)(H,40,50)(H,41,46)(H,43,48)/t23-,24+,27-,33-/m0/s1. The Hall–Kier alpha value is -5.51. The molecule has 0 unspecified atom stereocenters. The number of rotatable bonds is 7. The number of aromatic nitrogens is 1. The summed E-state index contributed by atoms with van der Waals surface area (Å²) in [6, 6.07) is 10.9. The largest absolute Gasteiger partial charge is 0.493 e. The van der Waals surface area contributed by atoms with Gasteiger partial charge in [0.1, 0.15) is 28.8 Å². The fraction of sp³-hybridized carbons (Fsp3) is 0.447. The smallest absolute Gasteiger partial charge is 0.271 e. The van der Waals surface area contributed by atoms with Crippen molar-refractivity contribution in [1.82, 2.24) is 36.1 Å². The molecule has 6 amide bonds. The molecule has 0 spiro atoms. The lowest BCUT2D eigenvalue weighted by Crippen LogP contribution is -2.57. The number of fused-ring (bicyclic) bond motifs is 2. The Bertz CT molecular complexity index is 1820. The number of thiazole rings is 1. The van der Waals surface area contributed by atoms with E-state index in [4.69, 9.17) is 9.47 Å². The van der Waals surface area contributed by atoms with Gasteiger partial charge in [0.15, 0.2) is 11.5 Å². The van der Waals surface area contributed by atoms with Gasteiger partial charge in [0, 0.05) is 25.5 Å². The molecule has 4 N–H and O–H groups in total. The number of likely N-dealkylation sites (N-methyl/N-ethyl adjacent to an activating group) is 1. The molecular weight excluding hydrogens is 715 g/mol. The average molecular weight is 764 g/mol. The number of amides is 6. The van der Waals surface area contributed by atoms with Crippen molar-refractivity contribution in [3.8, 4) is 11.5 Å². The number of carbonyl (C=O) groups is 6. The van der Waals surface area contributed by atoms with E-state index < -0.39 is 53.7 Å². The molecule has 0 fully saturated rings. The van der Waals surface area contributed by atoms with Gasteiger partial charge in [-0.1, -0.05) is 50.2 Å².